The third-order valence-corrected chi connectivity index (χ3v) is 7.97. The van der Waals surface area contributed by atoms with E-state index in [1.165, 1.54) is 13.2 Å². The summed E-state index contributed by atoms with van der Waals surface area (Å²) in [6.07, 6.45) is 0.906. The molecule has 3 heterocycles. The van der Waals surface area contributed by atoms with Crippen molar-refractivity contribution in [3.63, 3.8) is 0 Å². The van der Waals surface area contributed by atoms with E-state index in [2.05, 4.69) is 15.7 Å². The Morgan fingerprint density at radius 1 is 1.09 bits per heavy atom. The molecule has 2 atom stereocenters. The maximum absolute atomic E-state index is 14.0. The maximum Gasteiger partial charge on any atom is 0.320 e. The summed E-state index contributed by atoms with van der Waals surface area (Å²) in [7, 11) is 1.51. The molecular weight excluding hydrogens is 574 g/mol. The normalized spacial score (nSPS) is 19.2. The smallest absolute Gasteiger partial charge is 0.320 e. The minimum Gasteiger partial charge on any atom is -0.476 e. The van der Waals surface area contributed by atoms with Crippen LogP contribution in [0.1, 0.15) is 37.0 Å². The van der Waals surface area contributed by atoms with Gasteiger partial charge in [-0.15, -0.1) is 5.10 Å². The second-order valence-corrected chi connectivity index (χ2v) is 11.0. The number of nitrogens with one attached hydrogen (secondary N) is 2. The number of urea groups is 1. The Morgan fingerprint density at radius 3 is 2.52 bits per heavy atom. The van der Waals surface area contributed by atoms with Crippen LogP contribution in [0.5, 0.6) is 5.88 Å². The molecule has 1 aromatic heterocycles. The van der Waals surface area contributed by atoms with Gasteiger partial charge >= 0.3 is 6.03 Å². The number of anilines is 1. The van der Waals surface area contributed by atoms with Crippen LogP contribution in [0, 0.1) is 24.5 Å². The van der Waals surface area contributed by atoms with Gasteiger partial charge in [0.05, 0.1) is 23.9 Å². The number of para-hydroxylation sites is 1. The molecule has 2 aromatic carbocycles. The second kappa shape index (κ2) is 14.1. The molecule has 44 heavy (non-hydrogen) atoms. The highest BCUT2D eigenvalue weighted by atomic mass is 19.2. The molecule has 3 amide bonds. The zero-order valence-electron chi connectivity index (χ0n) is 25.1. The van der Waals surface area contributed by atoms with Gasteiger partial charge in [0.25, 0.3) is 0 Å². The van der Waals surface area contributed by atoms with Crippen LogP contribution < -0.4 is 15.4 Å². The average Bonchev–Trinajstić information content (AvgIpc) is 3.58. The summed E-state index contributed by atoms with van der Waals surface area (Å²) in [5.41, 5.74) is 1.79. The first-order chi connectivity index (χ1) is 21.3. The number of methoxy groups -OCH3 is 1. The molecule has 5 rings (SSSR count). The number of hydrogen-bond donors (Lipinski definition) is 2. The van der Waals surface area contributed by atoms with Gasteiger partial charge in [-0.05, 0) is 55.5 Å². The first-order valence-corrected chi connectivity index (χ1v) is 14.8. The predicted octanol–water partition coefficient (Wildman–Crippen LogP) is 4.22. The molecule has 2 saturated heterocycles. The Balaban J connectivity index is 1.29. The molecule has 2 fully saturated rings. The van der Waals surface area contributed by atoms with E-state index in [4.69, 9.17) is 14.3 Å². The van der Waals surface area contributed by atoms with Crippen molar-refractivity contribution in [2.24, 2.45) is 5.92 Å². The van der Waals surface area contributed by atoms with E-state index in [0.717, 1.165) is 30.7 Å². The summed E-state index contributed by atoms with van der Waals surface area (Å²) >= 11 is 0. The number of carbonyl (C=O) groups is 2. The lowest BCUT2D eigenvalue weighted by molar-refractivity contribution is -0.144. The Labute approximate surface area is 255 Å². The molecule has 2 aliphatic rings. The van der Waals surface area contributed by atoms with Crippen LogP contribution in [0.15, 0.2) is 48.5 Å². The van der Waals surface area contributed by atoms with E-state index in [9.17, 15) is 18.4 Å². The number of ether oxygens (including phenoxy) is 2. The standard InChI is InChI=1S/C31H38F2N6O5/c1-4-38-17-26(28(44-38)22-10-11-24(32)25(33)16-22)34-31(41)35-29-20(2)30(36-39(29)23-8-6-5-7-9-23)43-18-21-12-14-37(15-13-21)27(40)19-42-3/h5-11,16,21,26,28H,4,12-15,17-19H2,1-3H3,(H2,34,35,41)/t26-,28+/m1/s1. The monoisotopic (exact) mass is 612 g/mol. The van der Waals surface area contributed by atoms with Gasteiger partial charge in [0.1, 0.15) is 18.5 Å². The van der Waals surface area contributed by atoms with Crippen molar-refractivity contribution >= 4 is 17.8 Å². The number of rotatable bonds is 10. The molecule has 0 unspecified atom stereocenters. The van der Waals surface area contributed by atoms with Crippen LogP contribution in [0.3, 0.4) is 0 Å². The summed E-state index contributed by atoms with van der Waals surface area (Å²) in [5.74, 6) is -0.876. The van der Waals surface area contributed by atoms with Gasteiger partial charge in [0.2, 0.25) is 11.8 Å². The summed E-state index contributed by atoms with van der Waals surface area (Å²) < 4.78 is 40.4. The van der Waals surface area contributed by atoms with E-state index in [-0.39, 0.29) is 18.4 Å². The van der Waals surface area contributed by atoms with E-state index in [1.54, 1.807) is 9.75 Å². The maximum atomic E-state index is 14.0. The van der Waals surface area contributed by atoms with Gasteiger partial charge in [-0.25, -0.2) is 18.3 Å². The van der Waals surface area contributed by atoms with E-state index >= 15 is 0 Å². The fourth-order valence-electron chi connectivity index (χ4n) is 5.49. The van der Waals surface area contributed by atoms with Gasteiger partial charge in [-0.3, -0.25) is 14.9 Å². The second-order valence-electron chi connectivity index (χ2n) is 11.0. The Morgan fingerprint density at radius 2 is 1.84 bits per heavy atom. The minimum atomic E-state index is -0.982. The molecule has 0 saturated carbocycles. The lowest BCUT2D eigenvalue weighted by Gasteiger charge is -2.31. The molecule has 13 heteroatoms. The third kappa shape index (κ3) is 7.17. The highest BCUT2D eigenvalue weighted by Crippen LogP contribution is 2.32. The van der Waals surface area contributed by atoms with Crippen LogP contribution in [0.4, 0.5) is 19.4 Å². The fraction of sp³-hybridized carbons (Fsp3) is 0.452. The number of hydroxylamine groups is 2. The van der Waals surface area contributed by atoms with Gasteiger partial charge < -0.3 is 19.7 Å². The number of amides is 3. The molecule has 2 N–H and O–H groups in total. The van der Waals surface area contributed by atoms with Gasteiger partial charge in [0, 0.05) is 33.3 Å². The quantitative estimate of drug-likeness (QED) is 0.353. The Kier molecular flexibility index (Phi) is 10.1. The molecule has 236 valence electrons. The number of carbonyl (C=O) groups excluding carboxylic acids is 2. The van der Waals surface area contributed by atoms with Crippen molar-refractivity contribution in [3.05, 3.63) is 71.3 Å². The molecule has 0 spiro atoms. The number of likely N-dealkylation sites (tertiary alicyclic amines) is 1. The Hall–Kier alpha value is -4.07. The molecule has 0 radical (unpaired) electrons. The highest BCUT2D eigenvalue weighted by molar-refractivity contribution is 5.90. The lowest BCUT2D eigenvalue weighted by atomic mass is 9.98. The zero-order chi connectivity index (χ0) is 31.2. The van der Waals surface area contributed by atoms with Crippen molar-refractivity contribution in [2.45, 2.75) is 38.8 Å². The largest absolute Gasteiger partial charge is 0.476 e. The third-order valence-electron chi connectivity index (χ3n) is 7.97. The number of benzene rings is 2. The molecular formula is C31H38F2N6O5. The van der Waals surface area contributed by atoms with Crippen molar-refractivity contribution < 1.29 is 32.7 Å². The van der Waals surface area contributed by atoms with Crippen LogP contribution in [-0.2, 0) is 14.4 Å². The molecule has 2 aliphatic heterocycles. The zero-order valence-corrected chi connectivity index (χ0v) is 25.1. The first kappa shape index (κ1) is 31.4. The summed E-state index contributed by atoms with van der Waals surface area (Å²) in [4.78, 5) is 33.3. The summed E-state index contributed by atoms with van der Waals surface area (Å²) in [6, 6.07) is 11.9. The number of likely N-dealkylation sites (N-methyl/N-ethyl adjacent to an activating group) is 1. The van der Waals surface area contributed by atoms with Gasteiger partial charge in [-0.1, -0.05) is 31.2 Å². The fourth-order valence-corrected chi connectivity index (χ4v) is 5.49. The van der Waals surface area contributed by atoms with Crippen LogP contribution in [0.2, 0.25) is 0 Å². The average molecular weight is 613 g/mol. The van der Waals surface area contributed by atoms with Crippen molar-refractivity contribution in [3.8, 4) is 11.6 Å². The van der Waals surface area contributed by atoms with Crippen molar-refractivity contribution in [1.82, 2.24) is 25.1 Å². The SMILES string of the molecule is CCN1C[C@@H](NC(=O)Nc2c(C)c(OCC3CCN(C(=O)COC)CC3)nn2-c2ccccc2)[C@H](c2ccc(F)c(F)c2)O1. The van der Waals surface area contributed by atoms with E-state index < -0.39 is 29.8 Å². The summed E-state index contributed by atoms with van der Waals surface area (Å²) in [6.45, 7) is 6.42. The molecule has 3 aromatic rings. The Bertz CT molecular complexity index is 1450. The van der Waals surface area contributed by atoms with Crippen molar-refractivity contribution in [1.29, 1.82) is 0 Å². The van der Waals surface area contributed by atoms with Gasteiger partial charge in [0.15, 0.2) is 11.6 Å². The highest BCUT2D eigenvalue weighted by Gasteiger charge is 2.36. The van der Waals surface area contributed by atoms with Crippen LogP contribution in [0.25, 0.3) is 5.69 Å². The summed E-state index contributed by atoms with van der Waals surface area (Å²) in [5, 5.41) is 12.2. The topological polar surface area (TPSA) is 110 Å². The lowest BCUT2D eigenvalue weighted by Crippen LogP contribution is -2.42. The number of hydrogen-bond acceptors (Lipinski definition) is 7. The van der Waals surface area contributed by atoms with Crippen molar-refractivity contribution in [2.75, 3.05) is 51.8 Å². The number of halogens is 2. The molecule has 11 nitrogen and oxygen atoms in total. The van der Waals surface area contributed by atoms with Crippen LogP contribution >= 0.6 is 0 Å². The number of aromatic nitrogens is 2. The molecule has 0 bridgehead atoms. The van der Waals surface area contributed by atoms with Gasteiger partial charge in [-0.2, -0.15) is 5.06 Å². The molecule has 0 aliphatic carbocycles. The first-order valence-electron chi connectivity index (χ1n) is 14.8. The van der Waals surface area contributed by atoms with E-state index in [0.29, 0.717) is 55.6 Å². The number of piperidine rings is 1. The van der Waals surface area contributed by atoms with Crippen LogP contribution in [-0.4, -0.2) is 84.2 Å². The number of nitrogens with zero attached hydrogens (tertiary/aromatic N) is 4. The minimum absolute atomic E-state index is 0.0129. The predicted molar refractivity (Wildman–Crippen MR) is 158 cm³/mol. The van der Waals surface area contributed by atoms with E-state index in [1.807, 2.05) is 49.1 Å².